The largest absolute Gasteiger partial charge is 0.459 e. The normalized spacial score (nSPS) is 15.8. The Labute approximate surface area is 166 Å². The Morgan fingerprint density at radius 2 is 1.43 bits per heavy atom. The fraction of sp³-hybridized carbons (Fsp3) is 0.800. The third-order valence-corrected chi connectivity index (χ3v) is 4.59. The molecule has 0 aromatic heterocycles. The summed E-state index contributed by atoms with van der Waals surface area (Å²) in [5.41, 5.74) is -2.80. The number of esters is 1. The molecule has 1 aliphatic rings. The second-order valence-electron chi connectivity index (χ2n) is 9.00. The number of hydrogen-bond acceptors (Lipinski definition) is 7. The van der Waals surface area contributed by atoms with E-state index in [9.17, 15) is 19.2 Å². The number of amides is 2. The molecule has 160 valence electrons. The zero-order valence-electron chi connectivity index (χ0n) is 18.0. The minimum atomic E-state index is -1.11. The highest BCUT2D eigenvalue weighted by Crippen LogP contribution is 2.37. The van der Waals surface area contributed by atoms with Crippen LogP contribution in [0.25, 0.3) is 0 Å². The Morgan fingerprint density at radius 1 is 0.929 bits per heavy atom. The first kappa shape index (κ1) is 24.1. The molecule has 28 heavy (non-hydrogen) atoms. The predicted octanol–water partition coefficient (Wildman–Crippen LogP) is 2.78. The summed E-state index contributed by atoms with van der Waals surface area (Å²) >= 11 is 0. The van der Waals surface area contributed by atoms with Gasteiger partial charge in [-0.3, -0.25) is 14.4 Å². The summed E-state index contributed by atoms with van der Waals surface area (Å²) in [4.78, 5) is 53.6. The molecule has 0 bridgehead atoms. The van der Waals surface area contributed by atoms with E-state index in [1.54, 1.807) is 27.7 Å². The Balaban J connectivity index is 2.73. The quantitative estimate of drug-likeness (QED) is 0.316. The maximum atomic E-state index is 12.7. The van der Waals surface area contributed by atoms with Crippen molar-refractivity contribution in [2.75, 3.05) is 13.2 Å². The van der Waals surface area contributed by atoms with Gasteiger partial charge >= 0.3 is 11.9 Å². The average molecular weight is 399 g/mol. The molecule has 0 aromatic carbocycles. The molecule has 0 atom stereocenters. The number of carbonyl (C=O) groups is 4. The third kappa shape index (κ3) is 6.58. The van der Waals surface area contributed by atoms with Crippen LogP contribution in [0.2, 0.25) is 0 Å². The number of hydroxylamine groups is 2. The molecule has 8 nitrogen and oxygen atoms in total. The lowest BCUT2D eigenvalue weighted by Crippen LogP contribution is -2.43. The minimum absolute atomic E-state index is 0.0290. The molecular formula is C20H33NO7. The zero-order valence-corrected chi connectivity index (χ0v) is 18.0. The van der Waals surface area contributed by atoms with Gasteiger partial charge in [-0.25, -0.2) is 4.79 Å². The van der Waals surface area contributed by atoms with Crippen LogP contribution in [0.15, 0.2) is 0 Å². The summed E-state index contributed by atoms with van der Waals surface area (Å²) in [7, 11) is 0. The lowest BCUT2D eigenvalue weighted by Gasteiger charge is -2.35. The highest BCUT2D eigenvalue weighted by molar-refractivity contribution is 6.01. The molecule has 0 aliphatic carbocycles. The summed E-state index contributed by atoms with van der Waals surface area (Å²) in [5, 5.41) is 0.520. The zero-order chi connectivity index (χ0) is 21.8. The number of nitrogens with zero attached hydrogens (tertiary/aromatic N) is 1. The van der Waals surface area contributed by atoms with Crippen molar-refractivity contribution in [1.29, 1.82) is 0 Å². The summed E-state index contributed by atoms with van der Waals surface area (Å²) < 4.78 is 11.0. The Hall–Kier alpha value is -1.96. The number of ether oxygens (including phenoxy) is 2. The summed E-state index contributed by atoms with van der Waals surface area (Å²) in [6.07, 6.45) is 0.727. The summed E-state index contributed by atoms with van der Waals surface area (Å²) in [6, 6.07) is 0. The molecule has 0 spiro atoms. The maximum Gasteiger partial charge on any atom is 0.338 e. The molecule has 0 radical (unpaired) electrons. The van der Waals surface area contributed by atoms with Crippen LogP contribution in [-0.4, -0.2) is 47.6 Å². The highest BCUT2D eigenvalue weighted by atomic mass is 16.7. The molecule has 0 aromatic rings. The highest BCUT2D eigenvalue weighted by Gasteiger charge is 2.44. The molecule has 1 heterocycles. The van der Waals surface area contributed by atoms with E-state index in [1.165, 1.54) is 0 Å². The van der Waals surface area contributed by atoms with Crippen molar-refractivity contribution >= 4 is 23.8 Å². The molecule has 2 amide bonds. The Bertz CT molecular complexity index is 606. The van der Waals surface area contributed by atoms with Gasteiger partial charge in [0.2, 0.25) is 0 Å². The lowest BCUT2D eigenvalue weighted by molar-refractivity contribution is -0.206. The van der Waals surface area contributed by atoms with Crippen LogP contribution < -0.4 is 0 Å². The lowest BCUT2D eigenvalue weighted by atomic mass is 9.75. The van der Waals surface area contributed by atoms with Gasteiger partial charge in [-0.05, 0) is 54.9 Å². The predicted molar refractivity (Wildman–Crippen MR) is 101 cm³/mol. The smallest absolute Gasteiger partial charge is 0.338 e. The Morgan fingerprint density at radius 3 is 1.93 bits per heavy atom. The average Bonchev–Trinajstić information content (AvgIpc) is 2.85. The van der Waals surface area contributed by atoms with E-state index in [2.05, 4.69) is 0 Å². The Kier molecular flexibility index (Phi) is 7.76. The molecule has 8 heteroatoms. The van der Waals surface area contributed by atoms with Crippen LogP contribution in [0.1, 0.15) is 74.1 Å². The standard InChI is InChI=1S/C20H33NO7/c1-8-26-12-11-20(6,7)27-16(24)18(2,3)13-19(4,5)17(25)28-21-14(22)9-10-15(21)23/h8-13H2,1-7H3. The van der Waals surface area contributed by atoms with E-state index >= 15 is 0 Å². The minimum Gasteiger partial charge on any atom is -0.459 e. The van der Waals surface area contributed by atoms with Crippen molar-refractivity contribution in [2.45, 2.75) is 79.8 Å². The van der Waals surface area contributed by atoms with Crippen molar-refractivity contribution in [3.63, 3.8) is 0 Å². The third-order valence-electron chi connectivity index (χ3n) is 4.59. The molecular weight excluding hydrogens is 366 g/mol. The van der Waals surface area contributed by atoms with Gasteiger partial charge in [-0.1, -0.05) is 0 Å². The van der Waals surface area contributed by atoms with Crippen molar-refractivity contribution in [3.05, 3.63) is 0 Å². The molecule has 0 N–H and O–H groups in total. The van der Waals surface area contributed by atoms with Crippen molar-refractivity contribution in [1.82, 2.24) is 5.06 Å². The molecule has 1 aliphatic heterocycles. The van der Waals surface area contributed by atoms with Gasteiger partial charge in [0.1, 0.15) is 5.60 Å². The number of imide groups is 1. The SMILES string of the molecule is CCOCCC(C)(C)OC(=O)C(C)(C)CC(C)(C)C(=O)ON1C(=O)CCC1=O. The molecule has 0 unspecified atom stereocenters. The fourth-order valence-electron chi connectivity index (χ4n) is 3.02. The van der Waals surface area contributed by atoms with E-state index in [4.69, 9.17) is 14.3 Å². The van der Waals surface area contributed by atoms with Gasteiger partial charge < -0.3 is 14.3 Å². The van der Waals surface area contributed by atoms with Gasteiger partial charge in [0.25, 0.3) is 11.8 Å². The molecule has 1 rings (SSSR count). The van der Waals surface area contributed by atoms with E-state index in [0.29, 0.717) is 24.7 Å². The van der Waals surface area contributed by atoms with Crippen molar-refractivity contribution in [3.8, 4) is 0 Å². The van der Waals surface area contributed by atoms with Gasteiger partial charge in [0.05, 0.1) is 17.4 Å². The van der Waals surface area contributed by atoms with E-state index in [0.717, 1.165) is 0 Å². The second-order valence-corrected chi connectivity index (χ2v) is 9.00. The van der Waals surface area contributed by atoms with Crippen LogP contribution in [0.4, 0.5) is 0 Å². The first-order valence-electron chi connectivity index (χ1n) is 9.61. The second kappa shape index (κ2) is 9.03. The van der Waals surface area contributed by atoms with Gasteiger partial charge in [-0.2, -0.15) is 0 Å². The molecule has 1 saturated heterocycles. The van der Waals surface area contributed by atoms with Gasteiger partial charge in [0, 0.05) is 25.9 Å². The first-order chi connectivity index (χ1) is 12.7. The molecule has 0 saturated carbocycles. The van der Waals surface area contributed by atoms with Crippen LogP contribution in [-0.2, 0) is 33.5 Å². The molecule has 1 fully saturated rings. The van der Waals surface area contributed by atoms with Crippen molar-refractivity contribution in [2.24, 2.45) is 10.8 Å². The summed E-state index contributed by atoms with van der Waals surface area (Å²) in [5.74, 6) is -2.26. The van der Waals surface area contributed by atoms with Crippen molar-refractivity contribution < 1.29 is 33.5 Å². The van der Waals surface area contributed by atoms with E-state index in [1.807, 2.05) is 20.8 Å². The first-order valence-corrected chi connectivity index (χ1v) is 9.61. The fourth-order valence-corrected chi connectivity index (χ4v) is 3.02. The van der Waals surface area contributed by atoms with Crippen LogP contribution in [0, 0.1) is 10.8 Å². The van der Waals surface area contributed by atoms with E-state index in [-0.39, 0.29) is 19.3 Å². The monoisotopic (exact) mass is 399 g/mol. The number of rotatable bonds is 10. The van der Waals surface area contributed by atoms with Gasteiger partial charge in [0.15, 0.2) is 0 Å². The van der Waals surface area contributed by atoms with Crippen LogP contribution in [0.3, 0.4) is 0 Å². The van der Waals surface area contributed by atoms with Crippen LogP contribution >= 0.6 is 0 Å². The number of carbonyl (C=O) groups excluding carboxylic acids is 4. The van der Waals surface area contributed by atoms with Crippen LogP contribution in [0.5, 0.6) is 0 Å². The van der Waals surface area contributed by atoms with E-state index < -0.39 is 40.2 Å². The summed E-state index contributed by atoms with van der Waals surface area (Å²) in [6.45, 7) is 13.2. The maximum absolute atomic E-state index is 12.7. The number of hydrogen-bond donors (Lipinski definition) is 0. The topological polar surface area (TPSA) is 99.2 Å². The van der Waals surface area contributed by atoms with Gasteiger partial charge in [-0.15, -0.1) is 5.06 Å².